The molecule has 0 aliphatic carbocycles. The third kappa shape index (κ3) is 3.17. The van der Waals surface area contributed by atoms with Gasteiger partial charge in [-0.2, -0.15) is 0 Å². The Morgan fingerprint density at radius 1 is 1.14 bits per heavy atom. The first-order valence-electron chi connectivity index (χ1n) is 7.13. The fourth-order valence-corrected chi connectivity index (χ4v) is 3.43. The standard InChI is InChI=1S/C17H17Br2NO/c1-2-21-13-4-5-14-11(9-13)7-8-20-17(14)12-3-6-15(18)16(19)10-12/h3-6,9-10,17,20H,2,7-8H2,1H3. The molecule has 21 heavy (non-hydrogen) atoms. The lowest BCUT2D eigenvalue weighted by molar-refractivity contribution is 0.339. The minimum atomic E-state index is 0.244. The molecule has 1 N–H and O–H groups in total. The van der Waals surface area contributed by atoms with Crippen molar-refractivity contribution in [3.8, 4) is 5.75 Å². The molecule has 2 aromatic carbocycles. The van der Waals surface area contributed by atoms with E-state index in [1.54, 1.807) is 0 Å². The van der Waals surface area contributed by atoms with Crippen molar-refractivity contribution >= 4 is 31.9 Å². The Labute approximate surface area is 142 Å². The molecule has 0 bridgehead atoms. The van der Waals surface area contributed by atoms with Crippen LogP contribution in [0.2, 0.25) is 0 Å². The van der Waals surface area contributed by atoms with Crippen LogP contribution in [0.15, 0.2) is 45.3 Å². The van der Waals surface area contributed by atoms with E-state index in [9.17, 15) is 0 Å². The van der Waals surface area contributed by atoms with Crippen molar-refractivity contribution in [3.05, 3.63) is 62.0 Å². The van der Waals surface area contributed by atoms with E-state index < -0.39 is 0 Å². The van der Waals surface area contributed by atoms with Crippen LogP contribution in [0.5, 0.6) is 5.75 Å². The number of ether oxygens (including phenoxy) is 1. The van der Waals surface area contributed by atoms with Gasteiger partial charge in [0.15, 0.2) is 0 Å². The van der Waals surface area contributed by atoms with Gasteiger partial charge in [-0.05, 0) is 86.2 Å². The van der Waals surface area contributed by atoms with Crippen LogP contribution in [0.1, 0.15) is 29.7 Å². The number of benzene rings is 2. The molecule has 0 spiro atoms. The molecule has 2 aromatic rings. The second kappa shape index (κ2) is 6.51. The summed E-state index contributed by atoms with van der Waals surface area (Å²) in [5, 5.41) is 3.61. The fraction of sp³-hybridized carbons (Fsp3) is 0.294. The van der Waals surface area contributed by atoms with Crippen LogP contribution >= 0.6 is 31.9 Å². The van der Waals surface area contributed by atoms with Gasteiger partial charge >= 0.3 is 0 Å². The van der Waals surface area contributed by atoms with E-state index in [0.717, 1.165) is 27.7 Å². The summed E-state index contributed by atoms with van der Waals surface area (Å²) in [4.78, 5) is 0. The zero-order chi connectivity index (χ0) is 14.8. The van der Waals surface area contributed by atoms with E-state index in [2.05, 4.69) is 73.6 Å². The molecule has 1 unspecified atom stereocenters. The maximum Gasteiger partial charge on any atom is 0.119 e. The van der Waals surface area contributed by atoms with Crippen LogP contribution in [0.4, 0.5) is 0 Å². The highest BCUT2D eigenvalue weighted by atomic mass is 79.9. The molecule has 110 valence electrons. The topological polar surface area (TPSA) is 21.3 Å². The molecule has 0 saturated carbocycles. The van der Waals surface area contributed by atoms with Gasteiger partial charge in [0.25, 0.3) is 0 Å². The van der Waals surface area contributed by atoms with Crippen LogP contribution in [-0.2, 0) is 6.42 Å². The lowest BCUT2D eigenvalue weighted by atomic mass is 9.90. The van der Waals surface area contributed by atoms with Crippen LogP contribution < -0.4 is 10.1 Å². The smallest absolute Gasteiger partial charge is 0.119 e. The molecular weight excluding hydrogens is 394 g/mol. The van der Waals surface area contributed by atoms with E-state index in [4.69, 9.17) is 4.74 Å². The van der Waals surface area contributed by atoms with E-state index >= 15 is 0 Å². The van der Waals surface area contributed by atoms with Crippen molar-refractivity contribution in [3.63, 3.8) is 0 Å². The van der Waals surface area contributed by atoms with Gasteiger partial charge < -0.3 is 10.1 Å². The first kappa shape index (κ1) is 15.1. The minimum absolute atomic E-state index is 0.244. The summed E-state index contributed by atoms with van der Waals surface area (Å²) < 4.78 is 7.77. The molecule has 1 heterocycles. The van der Waals surface area contributed by atoms with E-state index in [1.807, 2.05) is 6.92 Å². The van der Waals surface area contributed by atoms with Crippen molar-refractivity contribution in [1.29, 1.82) is 0 Å². The number of hydrogen-bond donors (Lipinski definition) is 1. The highest BCUT2D eigenvalue weighted by Crippen LogP contribution is 2.34. The number of nitrogens with one attached hydrogen (secondary N) is 1. The number of hydrogen-bond acceptors (Lipinski definition) is 2. The highest BCUT2D eigenvalue weighted by Gasteiger charge is 2.22. The third-order valence-corrected chi connectivity index (χ3v) is 5.64. The van der Waals surface area contributed by atoms with Crippen molar-refractivity contribution in [1.82, 2.24) is 5.32 Å². The van der Waals surface area contributed by atoms with Gasteiger partial charge in [-0.1, -0.05) is 12.1 Å². The largest absolute Gasteiger partial charge is 0.494 e. The highest BCUT2D eigenvalue weighted by molar-refractivity contribution is 9.13. The summed E-state index contributed by atoms with van der Waals surface area (Å²) in [5.74, 6) is 0.967. The zero-order valence-electron chi connectivity index (χ0n) is 11.8. The van der Waals surface area contributed by atoms with Gasteiger partial charge in [0.05, 0.1) is 12.6 Å². The van der Waals surface area contributed by atoms with Gasteiger partial charge in [0, 0.05) is 15.5 Å². The predicted octanol–water partition coefficient (Wildman–Crippen LogP) is 4.85. The SMILES string of the molecule is CCOc1ccc2c(c1)CCNC2c1ccc(Br)c(Br)c1. The molecule has 2 nitrogen and oxygen atoms in total. The van der Waals surface area contributed by atoms with Gasteiger partial charge in [0.1, 0.15) is 5.75 Å². The van der Waals surface area contributed by atoms with Gasteiger partial charge in [-0.15, -0.1) is 0 Å². The summed E-state index contributed by atoms with van der Waals surface area (Å²) in [6.07, 6.45) is 1.05. The van der Waals surface area contributed by atoms with Gasteiger partial charge in [-0.25, -0.2) is 0 Å². The zero-order valence-corrected chi connectivity index (χ0v) is 15.0. The van der Waals surface area contributed by atoms with Crippen molar-refractivity contribution in [2.24, 2.45) is 0 Å². The Balaban J connectivity index is 1.98. The molecule has 0 saturated heterocycles. The normalized spacial score (nSPS) is 17.4. The van der Waals surface area contributed by atoms with Crippen molar-refractivity contribution < 1.29 is 4.74 Å². The molecule has 0 amide bonds. The van der Waals surface area contributed by atoms with Crippen LogP contribution in [0.25, 0.3) is 0 Å². The lowest BCUT2D eigenvalue weighted by Gasteiger charge is -2.28. The maximum atomic E-state index is 5.61. The quantitative estimate of drug-likeness (QED) is 0.781. The molecule has 0 radical (unpaired) electrons. The van der Waals surface area contributed by atoms with Gasteiger partial charge in [0.2, 0.25) is 0 Å². The summed E-state index contributed by atoms with van der Waals surface area (Å²) in [7, 11) is 0. The lowest BCUT2D eigenvalue weighted by Crippen LogP contribution is -2.30. The van der Waals surface area contributed by atoms with Crippen LogP contribution in [0, 0.1) is 0 Å². The Kier molecular flexibility index (Phi) is 4.67. The second-order valence-corrected chi connectivity index (χ2v) is 6.81. The van der Waals surface area contributed by atoms with Crippen LogP contribution in [0.3, 0.4) is 0 Å². The molecule has 1 aliphatic heterocycles. The average molecular weight is 411 g/mol. The number of rotatable bonds is 3. The van der Waals surface area contributed by atoms with Gasteiger partial charge in [-0.3, -0.25) is 0 Å². The molecule has 0 fully saturated rings. The Morgan fingerprint density at radius 2 is 2.00 bits per heavy atom. The summed E-state index contributed by atoms with van der Waals surface area (Å²) in [6, 6.07) is 13.1. The number of halogens is 2. The third-order valence-electron chi connectivity index (χ3n) is 3.76. The molecule has 1 atom stereocenters. The first-order chi connectivity index (χ1) is 10.2. The predicted molar refractivity (Wildman–Crippen MR) is 93.0 cm³/mol. The summed E-state index contributed by atoms with van der Waals surface area (Å²) >= 11 is 7.12. The van der Waals surface area contributed by atoms with Crippen molar-refractivity contribution in [2.45, 2.75) is 19.4 Å². The monoisotopic (exact) mass is 409 g/mol. The Morgan fingerprint density at radius 3 is 2.76 bits per heavy atom. The summed E-state index contributed by atoms with van der Waals surface area (Å²) in [6.45, 7) is 3.71. The van der Waals surface area contributed by atoms with Crippen LogP contribution in [-0.4, -0.2) is 13.2 Å². The van der Waals surface area contributed by atoms with E-state index in [0.29, 0.717) is 6.61 Å². The molecule has 1 aliphatic rings. The molecule has 3 rings (SSSR count). The molecule has 0 aromatic heterocycles. The first-order valence-corrected chi connectivity index (χ1v) is 8.71. The number of fused-ring (bicyclic) bond motifs is 1. The molecular formula is C17H17Br2NO. The van der Waals surface area contributed by atoms with E-state index in [1.165, 1.54) is 16.7 Å². The maximum absolute atomic E-state index is 5.61. The summed E-state index contributed by atoms with van der Waals surface area (Å²) in [5.41, 5.74) is 4.00. The minimum Gasteiger partial charge on any atom is -0.494 e. The Bertz CT molecular complexity index is 657. The molecule has 4 heteroatoms. The second-order valence-electron chi connectivity index (χ2n) is 5.10. The van der Waals surface area contributed by atoms with Crippen molar-refractivity contribution in [2.75, 3.05) is 13.2 Å². The van der Waals surface area contributed by atoms with E-state index in [-0.39, 0.29) is 6.04 Å². The Hall–Kier alpha value is -0.840. The average Bonchev–Trinajstić information content (AvgIpc) is 2.49. The fourth-order valence-electron chi connectivity index (χ4n) is 2.79.